The summed E-state index contributed by atoms with van der Waals surface area (Å²) in [6, 6.07) is 5.29. The maximum absolute atomic E-state index is 11.6. The van der Waals surface area contributed by atoms with Gasteiger partial charge in [0.2, 0.25) is 0 Å². The number of esters is 1. The summed E-state index contributed by atoms with van der Waals surface area (Å²) in [4.78, 5) is 14.6. The first-order chi connectivity index (χ1) is 8.65. The van der Waals surface area contributed by atoms with Gasteiger partial charge in [-0.25, -0.2) is 4.79 Å². The van der Waals surface area contributed by atoms with Gasteiger partial charge >= 0.3 is 5.97 Å². The van der Waals surface area contributed by atoms with Crippen LogP contribution in [0.4, 0.5) is 5.69 Å². The molecule has 1 aromatic carbocycles. The molecule has 0 saturated heterocycles. The minimum Gasteiger partial charge on any atom is -0.494 e. The molecule has 0 aliphatic rings. The van der Waals surface area contributed by atoms with Crippen molar-refractivity contribution >= 4 is 22.6 Å². The van der Waals surface area contributed by atoms with Crippen molar-refractivity contribution in [3.05, 3.63) is 23.9 Å². The zero-order valence-corrected chi connectivity index (χ0v) is 10.4. The minimum atomic E-state index is -0.383. The normalized spacial score (nSPS) is 10.6. The Morgan fingerprint density at radius 3 is 2.72 bits per heavy atom. The number of hydrogen-bond donors (Lipinski definition) is 2. The van der Waals surface area contributed by atoms with E-state index in [-0.39, 0.29) is 5.97 Å². The predicted octanol–water partition coefficient (Wildman–Crippen LogP) is 2.33. The number of aromatic nitrogens is 1. The number of hydrogen-bond acceptors (Lipinski definition) is 4. The van der Waals surface area contributed by atoms with Crippen LogP contribution in [0.5, 0.6) is 5.75 Å². The molecule has 5 heteroatoms. The molecule has 2 rings (SSSR count). The summed E-state index contributed by atoms with van der Waals surface area (Å²) >= 11 is 0. The molecule has 5 nitrogen and oxygen atoms in total. The number of anilines is 1. The van der Waals surface area contributed by atoms with Gasteiger partial charge in [0.25, 0.3) is 0 Å². The second-order valence-corrected chi connectivity index (χ2v) is 3.81. The molecule has 3 N–H and O–H groups in total. The first-order valence-corrected chi connectivity index (χ1v) is 5.87. The molecular weight excluding hydrogens is 232 g/mol. The van der Waals surface area contributed by atoms with Crippen molar-refractivity contribution in [2.75, 3.05) is 18.9 Å². The average Bonchev–Trinajstić information content (AvgIpc) is 2.74. The summed E-state index contributed by atoms with van der Waals surface area (Å²) in [7, 11) is 0. The fourth-order valence-electron chi connectivity index (χ4n) is 1.81. The largest absolute Gasteiger partial charge is 0.494 e. The molecule has 1 heterocycles. The highest BCUT2D eigenvalue weighted by atomic mass is 16.5. The molecule has 0 unspecified atom stereocenters. The Morgan fingerprint density at radius 2 is 2.06 bits per heavy atom. The lowest BCUT2D eigenvalue weighted by Crippen LogP contribution is -2.04. The van der Waals surface area contributed by atoms with Crippen LogP contribution in [0.15, 0.2) is 18.2 Å². The van der Waals surface area contributed by atoms with Crippen LogP contribution in [-0.4, -0.2) is 24.2 Å². The summed E-state index contributed by atoms with van der Waals surface area (Å²) < 4.78 is 10.3. The summed E-state index contributed by atoms with van der Waals surface area (Å²) in [5.41, 5.74) is 7.58. The quantitative estimate of drug-likeness (QED) is 0.643. The second kappa shape index (κ2) is 5.00. The van der Waals surface area contributed by atoms with E-state index in [1.807, 2.05) is 13.0 Å². The highest BCUT2D eigenvalue weighted by Gasteiger charge is 2.12. The molecule has 96 valence electrons. The molecule has 0 saturated carbocycles. The highest BCUT2D eigenvalue weighted by molar-refractivity contribution is 5.99. The standard InChI is InChI=1S/C13H16N2O3/c1-3-17-9-5-8-6-11(13(16)18-4-2)15-12(8)10(14)7-9/h5-7,15H,3-4,14H2,1-2H3. The lowest BCUT2D eigenvalue weighted by atomic mass is 10.2. The van der Waals surface area contributed by atoms with Gasteiger partial charge in [-0.15, -0.1) is 0 Å². The number of benzene rings is 1. The van der Waals surface area contributed by atoms with Crippen molar-refractivity contribution in [3.8, 4) is 5.75 Å². The Hall–Kier alpha value is -2.17. The number of H-pyrrole nitrogens is 1. The molecular formula is C13H16N2O3. The number of nitrogens with one attached hydrogen (secondary N) is 1. The summed E-state index contributed by atoms with van der Waals surface area (Å²) in [6.45, 7) is 4.58. The van der Waals surface area contributed by atoms with Crippen molar-refractivity contribution in [2.24, 2.45) is 0 Å². The van der Waals surface area contributed by atoms with Crippen molar-refractivity contribution in [1.82, 2.24) is 4.98 Å². The predicted molar refractivity (Wildman–Crippen MR) is 69.8 cm³/mol. The number of nitrogens with two attached hydrogens (primary N) is 1. The van der Waals surface area contributed by atoms with Crippen molar-refractivity contribution in [2.45, 2.75) is 13.8 Å². The molecule has 18 heavy (non-hydrogen) atoms. The van der Waals surface area contributed by atoms with E-state index >= 15 is 0 Å². The number of aromatic amines is 1. The Labute approximate surface area is 105 Å². The molecule has 0 aliphatic carbocycles. The molecule has 2 aromatic rings. The molecule has 0 spiro atoms. The van der Waals surface area contributed by atoms with Crippen LogP contribution in [0.2, 0.25) is 0 Å². The third-order valence-electron chi connectivity index (χ3n) is 2.54. The topological polar surface area (TPSA) is 77.3 Å². The molecule has 0 amide bonds. The fourth-order valence-corrected chi connectivity index (χ4v) is 1.81. The first kappa shape index (κ1) is 12.3. The van der Waals surface area contributed by atoms with Crippen LogP contribution in [0.1, 0.15) is 24.3 Å². The van der Waals surface area contributed by atoms with Gasteiger partial charge < -0.3 is 20.2 Å². The molecule has 0 radical (unpaired) electrons. The van der Waals surface area contributed by atoms with Crippen LogP contribution in [0.25, 0.3) is 10.9 Å². The number of rotatable bonds is 4. The summed E-state index contributed by atoms with van der Waals surface area (Å²) in [5.74, 6) is 0.308. The van der Waals surface area contributed by atoms with E-state index in [1.165, 1.54) is 0 Å². The smallest absolute Gasteiger partial charge is 0.354 e. The van der Waals surface area contributed by atoms with Crippen LogP contribution in [-0.2, 0) is 4.74 Å². The van der Waals surface area contributed by atoms with Gasteiger partial charge in [0, 0.05) is 11.5 Å². The van der Waals surface area contributed by atoms with Gasteiger partial charge in [-0.1, -0.05) is 0 Å². The Morgan fingerprint density at radius 1 is 1.28 bits per heavy atom. The van der Waals surface area contributed by atoms with Gasteiger partial charge in [-0.2, -0.15) is 0 Å². The number of fused-ring (bicyclic) bond motifs is 1. The zero-order chi connectivity index (χ0) is 13.1. The summed E-state index contributed by atoms with van der Waals surface area (Å²) in [6.07, 6.45) is 0. The Bertz CT molecular complexity index is 575. The van der Waals surface area contributed by atoms with E-state index < -0.39 is 0 Å². The third-order valence-corrected chi connectivity index (χ3v) is 2.54. The van der Waals surface area contributed by atoms with Gasteiger partial charge in [0.1, 0.15) is 11.4 Å². The lowest BCUT2D eigenvalue weighted by Gasteiger charge is -2.04. The first-order valence-electron chi connectivity index (χ1n) is 5.87. The highest BCUT2D eigenvalue weighted by Crippen LogP contribution is 2.27. The number of carbonyl (C=O) groups is 1. The summed E-state index contributed by atoms with van der Waals surface area (Å²) in [5, 5.41) is 0.835. The monoisotopic (exact) mass is 248 g/mol. The Balaban J connectivity index is 2.44. The number of ether oxygens (including phenoxy) is 2. The van der Waals surface area contributed by atoms with Crippen LogP contribution >= 0.6 is 0 Å². The van der Waals surface area contributed by atoms with E-state index in [2.05, 4.69) is 4.98 Å². The van der Waals surface area contributed by atoms with E-state index in [0.29, 0.717) is 30.3 Å². The molecule has 0 aliphatic heterocycles. The van der Waals surface area contributed by atoms with Gasteiger partial charge in [0.15, 0.2) is 0 Å². The van der Waals surface area contributed by atoms with E-state index in [9.17, 15) is 4.79 Å². The average molecular weight is 248 g/mol. The van der Waals surface area contributed by atoms with Gasteiger partial charge in [0.05, 0.1) is 24.4 Å². The fraction of sp³-hybridized carbons (Fsp3) is 0.308. The minimum absolute atomic E-state index is 0.341. The van der Waals surface area contributed by atoms with Crippen molar-refractivity contribution in [3.63, 3.8) is 0 Å². The van der Waals surface area contributed by atoms with Crippen molar-refractivity contribution in [1.29, 1.82) is 0 Å². The van der Waals surface area contributed by atoms with Crippen LogP contribution < -0.4 is 10.5 Å². The van der Waals surface area contributed by atoms with Crippen LogP contribution in [0.3, 0.4) is 0 Å². The van der Waals surface area contributed by atoms with Crippen LogP contribution in [0, 0.1) is 0 Å². The third kappa shape index (κ3) is 2.25. The second-order valence-electron chi connectivity index (χ2n) is 3.81. The van der Waals surface area contributed by atoms with E-state index in [4.69, 9.17) is 15.2 Å². The molecule has 1 aromatic heterocycles. The molecule has 0 bridgehead atoms. The Kier molecular flexibility index (Phi) is 3.41. The lowest BCUT2D eigenvalue weighted by molar-refractivity contribution is 0.0520. The van der Waals surface area contributed by atoms with Gasteiger partial charge in [-0.05, 0) is 26.0 Å². The number of carbonyl (C=O) groups excluding carboxylic acids is 1. The van der Waals surface area contributed by atoms with E-state index in [1.54, 1.807) is 19.1 Å². The SMILES string of the molecule is CCOC(=O)c1cc2cc(OCC)cc(N)c2[nH]1. The molecule has 0 atom stereocenters. The van der Waals surface area contributed by atoms with E-state index in [0.717, 1.165) is 10.9 Å². The number of nitrogen functional groups attached to an aromatic ring is 1. The zero-order valence-electron chi connectivity index (χ0n) is 10.4. The maximum atomic E-state index is 11.6. The van der Waals surface area contributed by atoms with Crippen molar-refractivity contribution < 1.29 is 14.3 Å². The molecule has 0 fully saturated rings. The van der Waals surface area contributed by atoms with Gasteiger partial charge in [-0.3, -0.25) is 0 Å². The maximum Gasteiger partial charge on any atom is 0.354 e.